The van der Waals surface area contributed by atoms with Crippen LogP contribution < -0.4 is 50.8 Å². The van der Waals surface area contributed by atoms with Crippen LogP contribution in [0.2, 0.25) is 0 Å². The van der Waals surface area contributed by atoms with Crippen LogP contribution in [-0.2, 0) is 0 Å². The van der Waals surface area contributed by atoms with Gasteiger partial charge in [0, 0.05) is 28.3 Å². The fourth-order valence-corrected chi connectivity index (χ4v) is 7.80. The maximum absolute atomic E-state index is 14.8. The molecule has 0 unspecified atom stereocenters. The molecule has 0 saturated heterocycles. The number of hydrogen-bond donors (Lipinski definition) is 0. The second-order valence-corrected chi connectivity index (χ2v) is 14.8. The SMILES string of the molecule is COc1ccc(C(=O)c2ccccc2OP(Oc2ccc(C=O)cc2OC)Oc2ccc(C=O)cc2OC)c(OP(Oc2ccc(C=O)cc2OC)Oc2ccc(C=O)cc2OC)c1. The summed E-state index contributed by atoms with van der Waals surface area (Å²) in [5.74, 6) is 0.935. The van der Waals surface area contributed by atoms with E-state index in [1.165, 1.54) is 133 Å². The van der Waals surface area contributed by atoms with Gasteiger partial charge in [0.25, 0.3) is 0 Å². The summed E-state index contributed by atoms with van der Waals surface area (Å²) in [6.45, 7) is 0. The van der Waals surface area contributed by atoms with E-state index in [-0.39, 0.29) is 68.6 Å². The molecule has 0 heterocycles. The zero-order valence-corrected chi connectivity index (χ0v) is 36.5. The maximum atomic E-state index is 14.8. The number of carbonyl (C=O) groups excluding carboxylic acids is 5. The minimum absolute atomic E-state index is 0.00601. The molecule has 0 N–H and O–H groups in total. The average molecular weight is 909 g/mol. The molecule has 0 radical (unpaired) electrons. The summed E-state index contributed by atoms with van der Waals surface area (Å²) >= 11 is 0. The number of rotatable bonds is 23. The minimum Gasteiger partial charge on any atom is -0.497 e. The Balaban J connectivity index is 1.40. The van der Waals surface area contributed by atoms with Crippen molar-refractivity contribution in [1.29, 1.82) is 0 Å². The van der Waals surface area contributed by atoms with Gasteiger partial charge < -0.3 is 50.8 Å². The quantitative estimate of drug-likeness (QED) is 0.0335. The first-order valence-electron chi connectivity index (χ1n) is 18.7. The average Bonchev–Trinajstić information content (AvgIpc) is 3.34. The molecule has 0 fully saturated rings. The molecule has 328 valence electrons. The molecule has 6 rings (SSSR count). The van der Waals surface area contributed by atoms with E-state index in [0.717, 1.165) is 0 Å². The molecular weight excluding hydrogens is 870 g/mol. The monoisotopic (exact) mass is 908 g/mol. The zero-order chi connectivity index (χ0) is 45.6. The van der Waals surface area contributed by atoms with E-state index in [1.54, 1.807) is 18.2 Å². The smallest absolute Gasteiger partial charge is 0.497 e. The van der Waals surface area contributed by atoms with Gasteiger partial charge in [-0.25, -0.2) is 0 Å². The lowest BCUT2D eigenvalue weighted by molar-refractivity contribution is 0.103. The molecule has 0 bridgehead atoms. The number of hydrogen-bond acceptors (Lipinski definition) is 16. The number of methoxy groups -OCH3 is 5. The van der Waals surface area contributed by atoms with Crippen LogP contribution in [0.15, 0.2) is 115 Å². The molecule has 0 spiro atoms. The third-order valence-electron chi connectivity index (χ3n) is 8.90. The van der Waals surface area contributed by atoms with Gasteiger partial charge in [0.15, 0.2) is 46.0 Å². The standard InChI is InChI=1S/C46H38O16P2/c1-52-33-14-15-35(41(24-33)62-64(60-39-18-12-31(27-49)22-44(39)55-4)61-40-19-13-32(28-50)23-45(40)56-5)46(51)34-8-6-7-9-36(34)57-63(58-37-16-10-29(25-47)20-42(37)53-2)59-38-17-11-30(26-48)21-43(38)54-3/h6-28H,1-5H3. The molecule has 0 atom stereocenters. The Bertz CT molecular complexity index is 2530. The third kappa shape index (κ3) is 11.0. The van der Waals surface area contributed by atoms with Gasteiger partial charge in [0.2, 0.25) is 5.78 Å². The van der Waals surface area contributed by atoms with Gasteiger partial charge in [-0.1, -0.05) is 12.1 Å². The highest BCUT2D eigenvalue weighted by Gasteiger charge is 2.30. The van der Waals surface area contributed by atoms with Crippen LogP contribution in [0.4, 0.5) is 0 Å². The predicted molar refractivity (Wildman–Crippen MR) is 234 cm³/mol. The molecule has 16 nitrogen and oxygen atoms in total. The molecule has 0 aliphatic rings. The highest BCUT2D eigenvalue weighted by atomic mass is 31.2. The maximum Gasteiger partial charge on any atom is 0.530 e. The summed E-state index contributed by atoms with van der Waals surface area (Å²) in [5, 5.41) is 0. The number of ether oxygens (including phenoxy) is 5. The first-order valence-corrected chi connectivity index (χ1v) is 20.9. The van der Waals surface area contributed by atoms with Gasteiger partial charge in [-0.3, -0.25) is 24.0 Å². The van der Waals surface area contributed by atoms with Crippen molar-refractivity contribution in [3.63, 3.8) is 0 Å². The van der Waals surface area contributed by atoms with E-state index in [4.69, 9.17) is 50.8 Å². The molecular formula is C46H38O16P2. The van der Waals surface area contributed by atoms with E-state index >= 15 is 0 Å². The molecule has 0 aromatic heterocycles. The molecule has 0 saturated carbocycles. The van der Waals surface area contributed by atoms with Crippen molar-refractivity contribution in [2.45, 2.75) is 0 Å². The van der Waals surface area contributed by atoms with Gasteiger partial charge in [0.05, 0.1) is 46.7 Å². The molecule has 0 aliphatic carbocycles. The van der Waals surface area contributed by atoms with Crippen LogP contribution in [0.25, 0.3) is 0 Å². The van der Waals surface area contributed by atoms with E-state index in [0.29, 0.717) is 53.1 Å². The Morgan fingerprint density at radius 2 is 0.703 bits per heavy atom. The Labute approximate surface area is 369 Å². The lowest BCUT2D eigenvalue weighted by Crippen LogP contribution is -2.10. The van der Waals surface area contributed by atoms with Crippen molar-refractivity contribution < 1.29 is 74.8 Å². The van der Waals surface area contributed by atoms with Crippen LogP contribution in [0.3, 0.4) is 0 Å². The lowest BCUT2D eigenvalue weighted by Gasteiger charge is -2.22. The van der Waals surface area contributed by atoms with Gasteiger partial charge in [-0.2, -0.15) is 0 Å². The van der Waals surface area contributed by atoms with Crippen molar-refractivity contribution in [2.24, 2.45) is 0 Å². The second kappa shape index (κ2) is 21.9. The fraction of sp³-hybridized carbons (Fsp3) is 0.109. The first-order chi connectivity index (χ1) is 31.2. The van der Waals surface area contributed by atoms with Crippen molar-refractivity contribution in [3.05, 3.63) is 149 Å². The molecule has 18 heteroatoms. The molecule has 0 aliphatic heterocycles. The largest absolute Gasteiger partial charge is 0.530 e. The van der Waals surface area contributed by atoms with Gasteiger partial charge in [-0.15, -0.1) is 0 Å². The molecule has 6 aromatic carbocycles. The molecule has 64 heavy (non-hydrogen) atoms. The van der Waals surface area contributed by atoms with Crippen molar-refractivity contribution in [3.8, 4) is 63.2 Å². The Morgan fingerprint density at radius 1 is 0.359 bits per heavy atom. The van der Waals surface area contributed by atoms with Crippen LogP contribution in [0.5, 0.6) is 63.2 Å². The number of benzene rings is 6. The summed E-state index contributed by atoms with van der Waals surface area (Å²) < 4.78 is 65.3. The molecule has 0 amide bonds. The van der Waals surface area contributed by atoms with E-state index in [9.17, 15) is 24.0 Å². The van der Waals surface area contributed by atoms with Gasteiger partial charge in [0.1, 0.15) is 42.4 Å². The van der Waals surface area contributed by atoms with Crippen LogP contribution in [-0.4, -0.2) is 66.5 Å². The Hall–Kier alpha value is -7.67. The van der Waals surface area contributed by atoms with Crippen LogP contribution in [0, 0.1) is 0 Å². The topological polar surface area (TPSA) is 187 Å². The lowest BCUT2D eigenvalue weighted by atomic mass is 10.0. The van der Waals surface area contributed by atoms with Crippen LogP contribution in [0.1, 0.15) is 57.4 Å². The summed E-state index contributed by atoms with van der Waals surface area (Å²) in [5.41, 5.74) is 1.30. The zero-order valence-electron chi connectivity index (χ0n) is 34.7. The van der Waals surface area contributed by atoms with Crippen LogP contribution >= 0.6 is 17.2 Å². The number of para-hydroxylation sites is 1. The van der Waals surface area contributed by atoms with Crippen molar-refractivity contribution in [2.75, 3.05) is 35.5 Å². The van der Waals surface area contributed by atoms with E-state index < -0.39 is 23.0 Å². The Kier molecular flexibility index (Phi) is 15.7. The van der Waals surface area contributed by atoms with Crippen molar-refractivity contribution >= 4 is 48.1 Å². The summed E-state index contributed by atoms with van der Waals surface area (Å²) in [4.78, 5) is 61.0. The number of carbonyl (C=O) groups is 5. The highest BCUT2D eigenvalue weighted by Crippen LogP contribution is 2.50. The summed E-state index contributed by atoms with van der Waals surface area (Å²) in [6, 6.07) is 28.7. The first kappa shape index (κ1) is 45.8. The number of aldehydes is 4. The second-order valence-electron chi connectivity index (χ2n) is 12.8. The summed E-state index contributed by atoms with van der Waals surface area (Å²) in [7, 11) is 1.92. The summed E-state index contributed by atoms with van der Waals surface area (Å²) in [6.07, 6.45) is 2.58. The highest BCUT2D eigenvalue weighted by molar-refractivity contribution is 7.43. The molecule has 6 aromatic rings. The van der Waals surface area contributed by atoms with Crippen molar-refractivity contribution in [1.82, 2.24) is 0 Å². The third-order valence-corrected chi connectivity index (χ3v) is 11.0. The minimum atomic E-state index is -2.56. The van der Waals surface area contributed by atoms with E-state index in [2.05, 4.69) is 0 Å². The van der Waals surface area contributed by atoms with Gasteiger partial charge in [-0.05, 0) is 97.1 Å². The predicted octanol–water partition coefficient (Wildman–Crippen LogP) is 9.74. The Morgan fingerprint density at radius 3 is 1.06 bits per heavy atom. The number of ketones is 1. The fourth-order valence-electron chi connectivity index (χ4n) is 5.70. The van der Waals surface area contributed by atoms with E-state index in [1.807, 2.05) is 0 Å². The van der Waals surface area contributed by atoms with Gasteiger partial charge >= 0.3 is 17.2 Å². The normalized spacial score (nSPS) is 10.5.